The van der Waals surface area contributed by atoms with E-state index in [-0.39, 0.29) is 0 Å². The van der Waals surface area contributed by atoms with Crippen LogP contribution in [0.3, 0.4) is 0 Å². The average Bonchev–Trinajstić information content (AvgIpc) is 2.30. The molecule has 17 heavy (non-hydrogen) atoms. The summed E-state index contributed by atoms with van der Waals surface area (Å²) in [5, 5.41) is 3.33. The van der Waals surface area contributed by atoms with Crippen molar-refractivity contribution in [3.05, 3.63) is 55.6 Å². The van der Waals surface area contributed by atoms with E-state index in [0.29, 0.717) is 6.54 Å². The van der Waals surface area contributed by atoms with E-state index in [1.807, 2.05) is 30.3 Å². The zero-order valence-electron chi connectivity index (χ0n) is 8.75. The monoisotopic (exact) mass is 418 g/mol. The van der Waals surface area contributed by atoms with E-state index >= 15 is 0 Å². The first-order valence-electron chi connectivity index (χ1n) is 4.94. The fraction of sp³-hybridized carbons (Fsp3) is 0.0833. The second-order valence-corrected chi connectivity index (χ2v) is 6.13. The second-order valence-electron chi connectivity index (χ2n) is 3.45. The number of halogens is 3. The predicted molar refractivity (Wildman–Crippen MR) is 81.1 cm³/mol. The van der Waals surface area contributed by atoms with Gasteiger partial charge in [0.2, 0.25) is 0 Å². The molecule has 0 fully saturated rings. The van der Waals surface area contributed by atoms with Crippen LogP contribution in [-0.4, -0.2) is 4.98 Å². The van der Waals surface area contributed by atoms with E-state index in [1.165, 1.54) is 0 Å². The van der Waals surface area contributed by atoms with Gasteiger partial charge in [0.05, 0.1) is 12.2 Å². The molecule has 2 aromatic rings. The van der Waals surface area contributed by atoms with Gasteiger partial charge in [-0.25, -0.2) is 0 Å². The minimum Gasteiger partial charge on any atom is -0.378 e. The van der Waals surface area contributed by atoms with Gasteiger partial charge in [-0.15, -0.1) is 0 Å². The van der Waals surface area contributed by atoms with Crippen molar-refractivity contribution in [1.82, 2.24) is 4.98 Å². The molecule has 1 N–H and O–H groups in total. The van der Waals surface area contributed by atoms with Gasteiger partial charge in [0.1, 0.15) is 0 Å². The van der Waals surface area contributed by atoms with E-state index in [4.69, 9.17) is 0 Å². The van der Waals surface area contributed by atoms with E-state index in [2.05, 4.69) is 58.1 Å². The molecule has 0 aliphatic carbocycles. The Morgan fingerprint density at radius 3 is 2.41 bits per heavy atom. The van der Waals surface area contributed by atoms with E-state index in [1.54, 1.807) is 6.20 Å². The Labute approximate surface area is 125 Å². The molecule has 2 nitrogen and oxygen atoms in total. The number of pyridine rings is 1. The predicted octanol–water partition coefficient (Wildman–Crippen LogP) is 4.98. The van der Waals surface area contributed by atoms with Crippen LogP contribution in [0.25, 0.3) is 0 Å². The van der Waals surface area contributed by atoms with Crippen molar-refractivity contribution in [2.75, 3.05) is 5.32 Å². The Morgan fingerprint density at radius 2 is 1.76 bits per heavy atom. The van der Waals surface area contributed by atoms with Gasteiger partial charge < -0.3 is 5.32 Å². The quantitative estimate of drug-likeness (QED) is 0.757. The van der Waals surface area contributed by atoms with Gasteiger partial charge in [-0.1, -0.05) is 15.9 Å². The Kier molecular flexibility index (Phi) is 4.59. The van der Waals surface area contributed by atoms with Crippen LogP contribution >= 0.6 is 47.8 Å². The molecule has 0 saturated heterocycles. The second kappa shape index (κ2) is 5.98. The summed E-state index contributed by atoms with van der Waals surface area (Å²) in [6, 6.07) is 10.0. The van der Waals surface area contributed by atoms with Crippen LogP contribution in [0.2, 0.25) is 0 Å². The van der Waals surface area contributed by atoms with Crippen LogP contribution in [0.4, 0.5) is 5.69 Å². The van der Waals surface area contributed by atoms with Gasteiger partial charge in [-0.2, -0.15) is 0 Å². The molecular weight excluding hydrogens is 412 g/mol. The van der Waals surface area contributed by atoms with Crippen molar-refractivity contribution >= 4 is 53.5 Å². The summed E-state index contributed by atoms with van der Waals surface area (Å²) in [7, 11) is 0. The minimum absolute atomic E-state index is 0.702. The highest BCUT2D eigenvalue weighted by Gasteiger charge is 2.00. The van der Waals surface area contributed by atoms with Crippen molar-refractivity contribution in [2.24, 2.45) is 0 Å². The fourth-order valence-corrected chi connectivity index (χ4v) is 2.75. The molecule has 1 heterocycles. The van der Waals surface area contributed by atoms with Crippen molar-refractivity contribution in [3.8, 4) is 0 Å². The maximum absolute atomic E-state index is 4.31. The highest BCUT2D eigenvalue weighted by molar-refractivity contribution is 9.11. The highest BCUT2D eigenvalue weighted by atomic mass is 79.9. The lowest BCUT2D eigenvalue weighted by Gasteiger charge is -2.08. The van der Waals surface area contributed by atoms with Gasteiger partial charge in [-0.05, 0) is 62.2 Å². The van der Waals surface area contributed by atoms with Gasteiger partial charge in [0.15, 0.2) is 0 Å². The zero-order chi connectivity index (χ0) is 12.3. The molecule has 5 heteroatoms. The lowest BCUT2D eigenvalue weighted by molar-refractivity contribution is 1.04. The van der Waals surface area contributed by atoms with Crippen molar-refractivity contribution in [3.63, 3.8) is 0 Å². The molecule has 2 rings (SSSR count). The molecule has 88 valence electrons. The third-order valence-electron chi connectivity index (χ3n) is 2.18. The fourth-order valence-electron chi connectivity index (χ4n) is 1.33. The largest absolute Gasteiger partial charge is 0.378 e. The number of nitrogens with one attached hydrogen (secondary N) is 1. The van der Waals surface area contributed by atoms with Crippen molar-refractivity contribution in [2.45, 2.75) is 6.54 Å². The molecule has 1 aromatic heterocycles. The van der Waals surface area contributed by atoms with Crippen LogP contribution in [-0.2, 0) is 6.54 Å². The lowest BCUT2D eigenvalue weighted by atomic mass is 10.3. The van der Waals surface area contributed by atoms with Crippen LogP contribution in [0.5, 0.6) is 0 Å². The lowest BCUT2D eigenvalue weighted by Crippen LogP contribution is -2.01. The van der Waals surface area contributed by atoms with Crippen LogP contribution in [0.1, 0.15) is 5.69 Å². The topological polar surface area (TPSA) is 24.9 Å². The SMILES string of the molecule is Brc1ccc(CNc2ccc(Br)cc2Br)nc1. The summed E-state index contributed by atoms with van der Waals surface area (Å²) in [5.74, 6) is 0. The molecule has 0 bridgehead atoms. The van der Waals surface area contributed by atoms with Crippen LogP contribution in [0.15, 0.2) is 49.9 Å². The highest BCUT2D eigenvalue weighted by Crippen LogP contribution is 2.26. The minimum atomic E-state index is 0.702. The summed E-state index contributed by atoms with van der Waals surface area (Å²) in [6.45, 7) is 0.702. The smallest absolute Gasteiger partial charge is 0.0595 e. The summed E-state index contributed by atoms with van der Waals surface area (Å²) in [5.41, 5.74) is 2.06. The molecule has 0 radical (unpaired) electrons. The zero-order valence-corrected chi connectivity index (χ0v) is 13.5. The van der Waals surface area contributed by atoms with Crippen LogP contribution < -0.4 is 5.32 Å². The Balaban J connectivity index is 2.04. The maximum atomic E-state index is 4.31. The summed E-state index contributed by atoms with van der Waals surface area (Å²) < 4.78 is 3.08. The average molecular weight is 421 g/mol. The van der Waals surface area contributed by atoms with E-state index in [0.717, 1.165) is 24.8 Å². The summed E-state index contributed by atoms with van der Waals surface area (Å²) in [6.07, 6.45) is 1.80. The van der Waals surface area contributed by atoms with Gasteiger partial charge in [-0.3, -0.25) is 4.98 Å². The molecule has 0 amide bonds. The molecule has 0 aliphatic heterocycles. The third-order valence-corrected chi connectivity index (χ3v) is 3.80. The Hall–Kier alpha value is -0.390. The maximum Gasteiger partial charge on any atom is 0.0595 e. The number of aromatic nitrogens is 1. The summed E-state index contributed by atoms with van der Waals surface area (Å²) >= 11 is 10.3. The number of rotatable bonds is 3. The number of anilines is 1. The van der Waals surface area contributed by atoms with Gasteiger partial charge in [0, 0.05) is 25.3 Å². The molecular formula is C12H9Br3N2. The molecule has 1 aromatic carbocycles. The first-order valence-corrected chi connectivity index (χ1v) is 7.32. The normalized spacial score (nSPS) is 10.3. The Morgan fingerprint density at radius 1 is 1.00 bits per heavy atom. The van der Waals surface area contributed by atoms with Crippen molar-refractivity contribution < 1.29 is 0 Å². The summed E-state index contributed by atoms with van der Waals surface area (Å²) in [4.78, 5) is 4.31. The first-order chi connectivity index (χ1) is 8.15. The standard InChI is InChI=1S/C12H9Br3N2/c13-8-2-4-12(11(15)5-8)17-7-10-3-1-9(14)6-16-10/h1-6,17H,7H2. The van der Waals surface area contributed by atoms with E-state index < -0.39 is 0 Å². The molecule has 0 spiro atoms. The molecule has 0 atom stereocenters. The van der Waals surface area contributed by atoms with Gasteiger partial charge >= 0.3 is 0 Å². The Bertz CT molecular complexity index is 512. The number of hydrogen-bond acceptors (Lipinski definition) is 2. The van der Waals surface area contributed by atoms with E-state index in [9.17, 15) is 0 Å². The third kappa shape index (κ3) is 3.79. The molecule has 0 unspecified atom stereocenters. The number of nitrogens with zero attached hydrogens (tertiary/aromatic N) is 1. The number of benzene rings is 1. The van der Waals surface area contributed by atoms with Crippen LogP contribution in [0, 0.1) is 0 Å². The first kappa shape index (κ1) is 13.1. The molecule has 0 saturated carbocycles. The number of hydrogen-bond donors (Lipinski definition) is 1. The van der Waals surface area contributed by atoms with Gasteiger partial charge in [0.25, 0.3) is 0 Å². The van der Waals surface area contributed by atoms with Crippen molar-refractivity contribution in [1.29, 1.82) is 0 Å². The molecule has 0 aliphatic rings.